The van der Waals surface area contributed by atoms with Crippen molar-refractivity contribution in [3.63, 3.8) is 0 Å². The van der Waals surface area contributed by atoms with Crippen LogP contribution < -0.4 is 10.6 Å². The van der Waals surface area contributed by atoms with E-state index in [1.165, 1.54) is 37.5 Å². The van der Waals surface area contributed by atoms with Gasteiger partial charge in [0, 0.05) is 20.5 Å². The summed E-state index contributed by atoms with van der Waals surface area (Å²) < 4.78 is 0. The molecule has 4 nitrogen and oxygen atoms in total. The van der Waals surface area contributed by atoms with E-state index >= 15 is 0 Å². The van der Waals surface area contributed by atoms with E-state index in [9.17, 15) is 10.1 Å². The molecule has 0 unspecified atom stereocenters. The molecule has 18 heavy (non-hydrogen) atoms. The molecular formula is C13H17N3OS. The van der Waals surface area contributed by atoms with E-state index < -0.39 is 0 Å². The van der Waals surface area contributed by atoms with Crippen molar-refractivity contribution in [2.24, 2.45) is 5.92 Å². The molecule has 2 N–H and O–H groups in total. The van der Waals surface area contributed by atoms with Crippen LogP contribution in [0.25, 0.3) is 0 Å². The lowest BCUT2D eigenvalue weighted by Crippen LogP contribution is -2.29. The van der Waals surface area contributed by atoms with Crippen molar-refractivity contribution in [1.29, 1.82) is 5.26 Å². The van der Waals surface area contributed by atoms with Crippen LogP contribution >= 0.6 is 11.3 Å². The Morgan fingerprint density at radius 3 is 2.72 bits per heavy atom. The van der Waals surface area contributed by atoms with E-state index in [1.807, 2.05) is 7.05 Å². The molecule has 5 heteroatoms. The Balaban J connectivity index is 2.28. The van der Waals surface area contributed by atoms with Crippen molar-refractivity contribution in [3.8, 4) is 6.07 Å². The van der Waals surface area contributed by atoms with Crippen LogP contribution in [0.1, 0.15) is 41.4 Å². The number of nitrogens with two attached hydrogens (primary N) is 1. The van der Waals surface area contributed by atoms with Crippen molar-refractivity contribution in [3.05, 3.63) is 10.4 Å². The number of anilines is 2. The number of carbonyl (C=O) groups is 1. The first-order valence-electron chi connectivity index (χ1n) is 6.09. The fourth-order valence-electron chi connectivity index (χ4n) is 2.22. The molecule has 0 atom stereocenters. The number of thiophene rings is 1. The minimum absolute atomic E-state index is 0.0719. The number of nitrogens with zero attached hydrogens (tertiary/aromatic N) is 2. The van der Waals surface area contributed by atoms with E-state index in [0.717, 1.165) is 11.5 Å². The van der Waals surface area contributed by atoms with Gasteiger partial charge < -0.3 is 10.6 Å². The van der Waals surface area contributed by atoms with Crippen molar-refractivity contribution >= 4 is 27.8 Å². The van der Waals surface area contributed by atoms with Gasteiger partial charge in [0.25, 0.3) is 0 Å². The summed E-state index contributed by atoms with van der Waals surface area (Å²) in [5.74, 6) is 0.642. The minimum Gasteiger partial charge on any atom is -0.396 e. The molecule has 2 rings (SSSR count). The van der Waals surface area contributed by atoms with Gasteiger partial charge in [-0.25, -0.2) is 0 Å². The predicted octanol–water partition coefficient (Wildman–Crippen LogP) is 2.64. The summed E-state index contributed by atoms with van der Waals surface area (Å²) in [5, 5.41) is 10.0. The fraction of sp³-hybridized carbons (Fsp3) is 0.538. The first kappa shape index (κ1) is 12.9. The first-order chi connectivity index (χ1) is 8.54. The molecule has 1 aromatic rings. The van der Waals surface area contributed by atoms with Crippen molar-refractivity contribution in [2.75, 3.05) is 24.2 Å². The number of nitrogen functional groups attached to an aromatic ring is 1. The number of nitriles is 1. The standard InChI is InChI=1S/C13H17N3OS/c1-8(17)12-11(15)10(6-14)13(18-12)16(2)7-9-4-3-5-9/h9H,3-5,7,15H2,1-2H3. The zero-order chi connectivity index (χ0) is 13.3. The topological polar surface area (TPSA) is 70.1 Å². The highest BCUT2D eigenvalue weighted by atomic mass is 32.1. The Bertz CT molecular complexity index is 511. The van der Waals surface area contributed by atoms with Gasteiger partial charge in [0.1, 0.15) is 16.6 Å². The molecule has 0 aromatic carbocycles. The molecule has 0 spiro atoms. The summed E-state index contributed by atoms with van der Waals surface area (Å²) >= 11 is 1.33. The third-order valence-electron chi connectivity index (χ3n) is 3.46. The van der Waals surface area contributed by atoms with Crippen LogP contribution in [0.2, 0.25) is 0 Å². The van der Waals surface area contributed by atoms with Gasteiger partial charge in [0.05, 0.1) is 10.6 Å². The van der Waals surface area contributed by atoms with Gasteiger partial charge in [0.15, 0.2) is 5.78 Å². The second kappa shape index (κ2) is 4.99. The summed E-state index contributed by atoms with van der Waals surface area (Å²) in [5.41, 5.74) is 6.66. The van der Waals surface area contributed by atoms with Gasteiger partial charge in [-0.15, -0.1) is 11.3 Å². The average Bonchev–Trinajstić information content (AvgIpc) is 2.60. The van der Waals surface area contributed by atoms with Crippen LogP contribution in [0.3, 0.4) is 0 Å². The largest absolute Gasteiger partial charge is 0.396 e. The molecule has 96 valence electrons. The van der Waals surface area contributed by atoms with Crippen LogP contribution in [-0.4, -0.2) is 19.4 Å². The Morgan fingerprint density at radius 1 is 1.61 bits per heavy atom. The van der Waals surface area contributed by atoms with E-state index in [0.29, 0.717) is 22.0 Å². The third-order valence-corrected chi connectivity index (χ3v) is 4.88. The number of carbonyl (C=O) groups excluding carboxylic acids is 1. The molecule has 0 radical (unpaired) electrons. The lowest BCUT2D eigenvalue weighted by atomic mass is 9.85. The number of hydrogen-bond donors (Lipinski definition) is 1. The summed E-state index contributed by atoms with van der Waals surface area (Å²) in [6, 6.07) is 2.12. The Hall–Kier alpha value is -1.54. The van der Waals surface area contributed by atoms with Crippen LogP contribution in [0.5, 0.6) is 0 Å². The van der Waals surface area contributed by atoms with Crippen LogP contribution in [0.4, 0.5) is 10.7 Å². The van der Waals surface area contributed by atoms with Gasteiger partial charge in [0.2, 0.25) is 0 Å². The highest BCUT2D eigenvalue weighted by Crippen LogP contribution is 2.39. The average molecular weight is 263 g/mol. The molecule has 0 aliphatic heterocycles. The van der Waals surface area contributed by atoms with Gasteiger partial charge in [-0.3, -0.25) is 4.79 Å². The van der Waals surface area contributed by atoms with E-state index in [2.05, 4.69) is 11.0 Å². The molecule has 1 heterocycles. The van der Waals surface area contributed by atoms with Gasteiger partial charge in [-0.2, -0.15) is 5.26 Å². The highest BCUT2D eigenvalue weighted by molar-refractivity contribution is 7.19. The molecule has 1 saturated carbocycles. The van der Waals surface area contributed by atoms with Gasteiger partial charge in [-0.05, 0) is 18.8 Å². The van der Waals surface area contributed by atoms with E-state index in [-0.39, 0.29) is 5.78 Å². The number of Topliss-reactive ketones (excluding diaryl/α,β-unsaturated/α-hetero) is 1. The Morgan fingerprint density at radius 2 is 2.28 bits per heavy atom. The van der Waals surface area contributed by atoms with Gasteiger partial charge >= 0.3 is 0 Å². The molecule has 1 aromatic heterocycles. The second-order valence-corrected chi connectivity index (χ2v) is 5.87. The molecule has 0 amide bonds. The zero-order valence-corrected chi connectivity index (χ0v) is 11.5. The number of hydrogen-bond acceptors (Lipinski definition) is 5. The van der Waals surface area contributed by atoms with E-state index in [1.54, 1.807) is 0 Å². The maximum atomic E-state index is 11.5. The summed E-state index contributed by atoms with van der Waals surface area (Å²) in [6.45, 7) is 2.42. The molecule has 1 fully saturated rings. The molecular weight excluding hydrogens is 246 g/mol. The molecule has 1 aliphatic rings. The predicted molar refractivity (Wildman–Crippen MR) is 74.1 cm³/mol. The van der Waals surface area contributed by atoms with E-state index in [4.69, 9.17) is 5.73 Å². The quantitative estimate of drug-likeness (QED) is 0.848. The summed E-state index contributed by atoms with van der Waals surface area (Å²) in [7, 11) is 1.97. The van der Waals surface area contributed by atoms with Crippen molar-refractivity contribution < 1.29 is 4.79 Å². The zero-order valence-electron chi connectivity index (χ0n) is 10.7. The van der Waals surface area contributed by atoms with Crippen molar-refractivity contribution in [1.82, 2.24) is 0 Å². The van der Waals surface area contributed by atoms with Crippen LogP contribution in [0.15, 0.2) is 0 Å². The molecule has 0 saturated heterocycles. The number of ketones is 1. The third kappa shape index (κ3) is 2.21. The Labute approximate surface area is 111 Å². The monoisotopic (exact) mass is 263 g/mol. The van der Waals surface area contributed by atoms with Crippen molar-refractivity contribution in [2.45, 2.75) is 26.2 Å². The normalized spacial score (nSPS) is 14.9. The van der Waals surface area contributed by atoms with Crippen LogP contribution in [0, 0.1) is 17.2 Å². The maximum Gasteiger partial charge on any atom is 0.171 e. The first-order valence-corrected chi connectivity index (χ1v) is 6.90. The number of rotatable bonds is 4. The fourth-order valence-corrected chi connectivity index (χ4v) is 3.25. The maximum absolute atomic E-state index is 11.5. The smallest absolute Gasteiger partial charge is 0.171 e. The molecule has 0 bridgehead atoms. The highest BCUT2D eigenvalue weighted by Gasteiger charge is 2.24. The van der Waals surface area contributed by atoms with Crippen LogP contribution in [-0.2, 0) is 0 Å². The summed E-state index contributed by atoms with van der Waals surface area (Å²) in [6.07, 6.45) is 3.81. The Kier molecular flexibility index (Phi) is 3.58. The molecule has 1 aliphatic carbocycles. The van der Waals surface area contributed by atoms with Gasteiger partial charge in [-0.1, -0.05) is 6.42 Å². The SMILES string of the molecule is CC(=O)c1sc(N(C)CC2CCC2)c(C#N)c1N. The second-order valence-electron chi connectivity index (χ2n) is 4.87. The lowest BCUT2D eigenvalue weighted by Gasteiger charge is -2.30. The summed E-state index contributed by atoms with van der Waals surface area (Å²) in [4.78, 5) is 14.0. The lowest BCUT2D eigenvalue weighted by molar-refractivity contribution is 0.102. The minimum atomic E-state index is -0.0719.